The van der Waals surface area contributed by atoms with Crippen molar-refractivity contribution in [3.05, 3.63) is 35.9 Å². The fourth-order valence-electron chi connectivity index (χ4n) is 2.35. The molecule has 0 saturated heterocycles. The summed E-state index contributed by atoms with van der Waals surface area (Å²) in [5.41, 5.74) is 1.18. The summed E-state index contributed by atoms with van der Waals surface area (Å²) in [6, 6.07) is 9.99. The minimum Gasteiger partial charge on any atom is -0.481 e. The monoisotopic (exact) mass is 190 g/mol. The number of benzene rings is 1. The van der Waals surface area contributed by atoms with Crippen LogP contribution in [0.5, 0.6) is 0 Å². The zero-order chi connectivity index (χ0) is 9.97. The molecule has 1 aromatic rings. The van der Waals surface area contributed by atoms with E-state index in [-0.39, 0.29) is 11.8 Å². The molecule has 2 atom stereocenters. The van der Waals surface area contributed by atoms with Crippen LogP contribution in [0.4, 0.5) is 0 Å². The largest absolute Gasteiger partial charge is 0.481 e. The molecular weight excluding hydrogens is 176 g/mol. The van der Waals surface area contributed by atoms with Gasteiger partial charge in [0.05, 0.1) is 5.92 Å². The number of carboxylic acid groups (broad SMARTS) is 1. The number of carboxylic acids is 1. The molecule has 2 heteroatoms. The summed E-state index contributed by atoms with van der Waals surface area (Å²) in [5.74, 6) is -0.581. The third kappa shape index (κ3) is 1.65. The fraction of sp³-hybridized carbons (Fsp3) is 0.417. The van der Waals surface area contributed by atoms with Crippen molar-refractivity contribution in [1.29, 1.82) is 0 Å². The lowest BCUT2D eigenvalue weighted by Crippen LogP contribution is -2.16. The Balaban J connectivity index is 2.22. The molecule has 0 unspecified atom stereocenters. The van der Waals surface area contributed by atoms with E-state index in [9.17, 15) is 4.79 Å². The summed E-state index contributed by atoms with van der Waals surface area (Å²) in [4.78, 5) is 11.0. The van der Waals surface area contributed by atoms with Crippen LogP contribution in [-0.4, -0.2) is 11.1 Å². The zero-order valence-corrected chi connectivity index (χ0v) is 8.02. The molecule has 1 aliphatic rings. The molecule has 1 aromatic carbocycles. The number of carbonyl (C=O) groups is 1. The predicted molar refractivity (Wildman–Crippen MR) is 54.2 cm³/mol. The molecule has 1 N–H and O–H groups in total. The van der Waals surface area contributed by atoms with Crippen molar-refractivity contribution in [2.24, 2.45) is 5.92 Å². The van der Waals surface area contributed by atoms with Gasteiger partial charge in [0, 0.05) is 0 Å². The van der Waals surface area contributed by atoms with Gasteiger partial charge in [-0.2, -0.15) is 0 Å². The average Bonchev–Trinajstić information content (AvgIpc) is 2.67. The fourth-order valence-corrected chi connectivity index (χ4v) is 2.35. The summed E-state index contributed by atoms with van der Waals surface area (Å²) in [7, 11) is 0. The molecule has 1 aliphatic carbocycles. The maximum absolute atomic E-state index is 11.0. The average molecular weight is 190 g/mol. The molecule has 74 valence electrons. The molecule has 1 fully saturated rings. The minimum absolute atomic E-state index is 0.169. The molecule has 1 saturated carbocycles. The van der Waals surface area contributed by atoms with Crippen LogP contribution in [0.3, 0.4) is 0 Å². The molecular formula is C12H14O2. The molecule has 0 amide bonds. The van der Waals surface area contributed by atoms with Gasteiger partial charge in [0.15, 0.2) is 0 Å². The van der Waals surface area contributed by atoms with Gasteiger partial charge in [0.25, 0.3) is 0 Å². The Hall–Kier alpha value is -1.31. The van der Waals surface area contributed by atoms with Gasteiger partial charge in [-0.1, -0.05) is 36.8 Å². The van der Waals surface area contributed by atoms with Crippen LogP contribution in [0.1, 0.15) is 30.7 Å². The normalized spacial score (nSPS) is 26.3. The van der Waals surface area contributed by atoms with Gasteiger partial charge in [-0.05, 0) is 24.3 Å². The summed E-state index contributed by atoms with van der Waals surface area (Å²) in [6.07, 6.45) is 2.88. The van der Waals surface area contributed by atoms with E-state index < -0.39 is 5.97 Å². The lowest BCUT2D eigenvalue weighted by atomic mass is 9.89. The number of aliphatic carboxylic acids is 1. The highest BCUT2D eigenvalue weighted by Crippen LogP contribution is 2.39. The van der Waals surface area contributed by atoms with Gasteiger partial charge < -0.3 is 5.11 Å². The highest BCUT2D eigenvalue weighted by atomic mass is 16.4. The van der Waals surface area contributed by atoms with Gasteiger partial charge in [0.1, 0.15) is 0 Å². The van der Waals surface area contributed by atoms with Crippen LogP contribution in [0, 0.1) is 5.92 Å². The first-order valence-corrected chi connectivity index (χ1v) is 5.07. The van der Waals surface area contributed by atoms with E-state index in [0.717, 1.165) is 19.3 Å². The third-order valence-corrected chi connectivity index (χ3v) is 3.06. The molecule has 0 aromatic heterocycles. The molecule has 2 rings (SSSR count). The molecule has 0 spiro atoms. The van der Waals surface area contributed by atoms with Gasteiger partial charge in [-0.15, -0.1) is 0 Å². The second-order valence-corrected chi connectivity index (χ2v) is 3.89. The van der Waals surface area contributed by atoms with Crippen LogP contribution in [-0.2, 0) is 4.79 Å². The van der Waals surface area contributed by atoms with E-state index in [4.69, 9.17) is 5.11 Å². The van der Waals surface area contributed by atoms with E-state index in [1.807, 2.05) is 30.3 Å². The quantitative estimate of drug-likeness (QED) is 0.778. The van der Waals surface area contributed by atoms with Crippen molar-refractivity contribution < 1.29 is 9.90 Å². The van der Waals surface area contributed by atoms with Gasteiger partial charge in [0.2, 0.25) is 0 Å². The number of rotatable bonds is 2. The standard InChI is InChI=1S/C12H14O2/c13-12(14)11-8-4-7-10(11)9-5-2-1-3-6-9/h1-3,5-6,10-11H,4,7-8H2,(H,13,14)/t10-,11-/m1/s1. The Morgan fingerprint density at radius 1 is 1.21 bits per heavy atom. The molecule has 0 bridgehead atoms. The highest BCUT2D eigenvalue weighted by Gasteiger charge is 2.33. The van der Waals surface area contributed by atoms with Gasteiger partial charge in [-0.3, -0.25) is 4.79 Å². The van der Waals surface area contributed by atoms with Crippen molar-refractivity contribution in [2.45, 2.75) is 25.2 Å². The van der Waals surface area contributed by atoms with Crippen molar-refractivity contribution in [2.75, 3.05) is 0 Å². The highest BCUT2D eigenvalue weighted by molar-refractivity contribution is 5.71. The van der Waals surface area contributed by atoms with Gasteiger partial charge >= 0.3 is 5.97 Å². The number of hydrogen-bond donors (Lipinski definition) is 1. The molecule has 2 nitrogen and oxygen atoms in total. The first-order valence-electron chi connectivity index (χ1n) is 5.07. The first kappa shape index (κ1) is 9.25. The summed E-state index contributed by atoms with van der Waals surface area (Å²) >= 11 is 0. The SMILES string of the molecule is O=C(O)[C@@H]1CCC[C@@H]1c1ccccc1. The van der Waals surface area contributed by atoms with Crippen molar-refractivity contribution in [3.8, 4) is 0 Å². The maximum Gasteiger partial charge on any atom is 0.307 e. The van der Waals surface area contributed by atoms with Crippen LogP contribution in [0.2, 0.25) is 0 Å². The van der Waals surface area contributed by atoms with Crippen LogP contribution >= 0.6 is 0 Å². The zero-order valence-electron chi connectivity index (χ0n) is 8.02. The maximum atomic E-state index is 11.0. The molecule has 14 heavy (non-hydrogen) atoms. The van der Waals surface area contributed by atoms with E-state index in [1.165, 1.54) is 5.56 Å². The van der Waals surface area contributed by atoms with E-state index in [1.54, 1.807) is 0 Å². The van der Waals surface area contributed by atoms with E-state index in [2.05, 4.69) is 0 Å². The second-order valence-electron chi connectivity index (χ2n) is 3.89. The van der Waals surface area contributed by atoms with Crippen LogP contribution in [0.25, 0.3) is 0 Å². The lowest BCUT2D eigenvalue weighted by molar-refractivity contribution is -0.142. The summed E-state index contributed by atoms with van der Waals surface area (Å²) in [6.45, 7) is 0. The summed E-state index contributed by atoms with van der Waals surface area (Å²) in [5, 5.41) is 9.04. The Kier molecular flexibility index (Phi) is 2.53. The Labute approximate surface area is 83.6 Å². The van der Waals surface area contributed by atoms with Crippen molar-refractivity contribution in [1.82, 2.24) is 0 Å². The minimum atomic E-state index is -0.642. The molecule has 0 heterocycles. The Morgan fingerprint density at radius 3 is 2.57 bits per heavy atom. The summed E-state index contributed by atoms with van der Waals surface area (Å²) < 4.78 is 0. The predicted octanol–water partition coefficient (Wildman–Crippen LogP) is 2.65. The second kappa shape index (κ2) is 3.82. The first-order chi connectivity index (χ1) is 6.79. The Bertz CT molecular complexity index is 318. The van der Waals surface area contributed by atoms with Gasteiger partial charge in [-0.25, -0.2) is 0 Å². The third-order valence-electron chi connectivity index (χ3n) is 3.06. The van der Waals surface area contributed by atoms with Crippen LogP contribution in [0.15, 0.2) is 30.3 Å². The molecule has 0 radical (unpaired) electrons. The van der Waals surface area contributed by atoms with Crippen molar-refractivity contribution in [3.63, 3.8) is 0 Å². The molecule has 0 aliphatic heterocycles. The smallest absolute Gasteiger partial charge is 0.307 e. The Morgan fingerprint density at radius 2 is 1.93 bits per heavy atom. The number of hydrogen-bond acceptors (Lipinski definition) is 1. The van der Waals surface area contributed by atoms with Crippen molar-refractivity contribution >= 4 is 5.97 Å². The van der Waals surface area contributed by atoms with Crippen LogP contribution < -0.4 is 0 Å². The lowest BCUT2D eigenvalue weighted by Gasteiger charge is -2.15. The van der Waals surface area contributed by atoms with E-state index >= 15 is 0 Å². The topological polar surface area (TPSA) is 37.3 Å². The van der Waals surface area contributed by atoms with E-state index in [0.29, 0.717) is 0 Å².